The molecule has 0 fully saturated rings. The topological polar surface area (TPSA) is 73.8 Å². The monoisotopic (exact) mass is 419 g/mol. The van der Waals surface area contributed by atoms with Gasteiger partial charge >= 0.3 is 0 Å². The molecule has 1 aromatic carbocycles. The van der Waals surface area contributed by atoms with Gasteiger partial charge < -0.3 is 4.57 Å². The summed E-state index contributed by atoms with van der Waals surface area (Å²) in [5, 5.41) is 16.0. The number of thioether (sulfide) groups is 1. The largest absolute Gasteiger partial charge is 0.318 e. The fraction of sp³-hybridized carbons (Fsp3) is 0.304. The summed E-state index contributed by atoms with van der Waals surface area (Å²) in [6.45, 7) is 8.30. The van der Waals surface area contributed by atoms with Crippen LogP contribution in [0.1, 0.15) is 48.7 Å². The molecule has 6 nitrogen and oxygen atoms in total. The fourth-order valence-electron chi connectivity index (χ4n) is 3.74. The molecule has 2 aliphatic heterocycles. The third-order valence-electron chi connectivity index (χ3n) is 5.37. The molecule has 7 heteroatoms. The molecular formula is C23H25N5OS. The van der Waals surface area contributed by atoms with Gasteiger partial charge in [-0.25, -0.2) is 0 Å². The maximum atomic E-state index is 12.7. The molecule has 0 atom stereocenters. The van der Waals surface area contributed by atoms with Crippen molar-refractivity contribution < 1.29 is 4.79 Å². The quantitative estimate of drug-likeness (QED) is 0.676. The minimum absolute atomic E-state index is 0.0877. The van der Waals surface area contributed by atoms with Gasteiger partial charge in [0.2, 0.25) is 5.17 Å². The highest BCUT2D eigenvalue weighted by atomic mass is 32.2. The molecule has 0 saturated carbocycles. The Morgan fingerprint density at radius 3 is 2.70 bits per heavy atom. The molecule has 0 radical (unpaired) electrons. The van der Waals surface area contributed by atoms with Crippen molar-refractivity contribution in [3.05, 3.63) is 58.4 Å². The van der Waals surface area contributed by atoms with Gasteiger partial charge in [0, 0.05) is 17.1 Å². The Morgan fingerprint density at radius 1 is 1.20 bits per heavy atom. The first-order chi connectivity index (χ1) is 14.4. The molecule has 0 bridgehead atoms. The van der Waals surface area contributed by atoms with Crippen molar-refractivity contribution in [3.63, 3.8) is 0 Å². The van der Waals surface area contributed by atoms with E-state index in [1.807, 2.05) is 32.0 Å². The summed E-state index contributed by atoms with van der Waals surface area (Å²) in [5.41, 5.74) is 5.56. The van der Waals surface area contributed by atoms with Crippen LogP contribution in [-0.2, 0) is 4.79 Å². The molecule has 1 N–H and O–H groups in total. The Bertz CT molecular complexity index is 1140. The lowest BCUT2D eigenvalue weighted by molar-refractivity contribution is -0.114. The van der Waals surface area contributed by atoms with Crippen LogP contribution in [0.25, 0.3) is 11.8 Å². The van der Waals surface area contributed by atoms with Gasteiger partial charge in [-0.05, 0) is 74.7 Å². The van der Waals surface area contributed by atoms with E-state index in [0.717, 1.165) is 46.9 Å². The van der Waals surface area contributed by atoms with Crippen LogP contribution >= 0.6 is 11.8 Å². The summed E-state index contributed by atoms with van der Waals surface area (Å²) in [6, 6.07) is 10.3. The van der Waals surface area contributed by atoms with E-state index in [1.165, 1.54) is 22.3 Å². The average Bonchev–Trinajstić information content (AvgIpc) is 3.24. The minimum Gasteiger partial charge on any atom is -0.318 e. The standard InChI is InChI=1S/C23H25N5OS/c1-5-6-11-20-26-28-21(24)18(22(29)25-23(28)30-20)13-17-12-15(3)27(16(17)4)19-10-8-7-9-14(19)2/h7-10,12-13,24H,5-6,11H2,1-4H3/b18-13-,24-21?. The molecule has 1 amide bonds. The molecule has 4 rings (SSSR count). The van der Waals surface area contributed by atoms with Crippen molar-refractivity contribution in [1.82, 2.24) is 9.58 Å². The van der Waals surface area contributed by atoms with Crippen molar-refractivity contribution in [1.29, 1.82) is 5.41 Å². The van der Waals surface area contributed by atoms with Crippen molar-refractivity contribution in [2.75, 3.05) is 0 Å². The van der Waals surface area contributed by atoms with E-state index in [4.69, 9.17) is 5.41 Å². The number of rotatable bonds is 5. The normalized spacial score (nSPS) is 17.5. The number of carbonyl (C=O) groups excluding carboxylic acids is 1. The first-order valence-electron chi connectivity index (χ1n) is 10.1. The van der Waals surface area contributed by atoms with E-state index in [0.29, 0.717) is 5.17 Å². The number of nitrogens with one attached hydrogen (secondary N) is 1. The SMILES string of the molecule is CCCCC1=NN2C(=N)/C(=C/c3cc(C)n(-c4ccccc4C)c3C)C(=O)N=C2S1. The molecule has 0 aliphatic carbocycles. The van der Waals surface area contributed by atoms with Gasteiger partial charge in [-0.15, -0.1) is 0 Å². The van der Waals surface area contributed by atoms with Gasteiger partial charge in [0.25, 0.3) is 5.91 Å². The first kappa shape index (κ1) is 20.3. The predicted octanol–water partition coefficient (Wildman–Crippen LogP) is 5.21. The lowest BCUT2D eigenvalue weighted by Crippen LogP contribution is -2.35. The van der Waals surface area contributed by atoms with Crippen LogP contribution in [0.2, 0.25) is 0 Å². The Labute approximate surface area is 180 Å². The average molecular weight is 420 g/mol. The van der Waals surface area contributed by atoms with Crippen LogP contribution in [0.15, 0.2) is 46.0 Å². The van der Waals surface area contributed by atoms with Crippen molar-refractivity contribution in [2.24, 2.45) is 10.1 Å². The molecule has 2 aromatic rings. The summed E-state index contributed by atoms with van der Waals surface area (Å²) >= 11 is 1.39. The van der Waals surface area contributed by atoms with Crippen LogP contribution in [0.5, 0.6) is 0 Å². The Balaban J connectivity index is 1.70. The number of unbranched alkanes of at least 4 members (excludes halogenated alkanes) is 1. The number of amides is 1. The second kappa shape index (κ2) is 8.07. The number of benzene rings is 1. The Kier molecular flexibility index (Phi) is 5.47. The number of aryl methyl sites for hydroxylation is 2. The summed E-state index contributed by atoms with van der Waals surface area (Å²) in [5.74, 6) is -0.295. The van der Waals surface area contributed by atoms with Crippen LogP contribution < -0.4 is 0 Å². The fourth-order valence-corrected chi connectivity index (χ4v) is 4.66. The highest BCUT2D eigenvalue weighted by Gasteiger charge is 2.35. The second-order valence-electron chi connectivity index (χ2n) is 7.57. The zero-order valence-electron chi connectivity index (χ0n) is 17.7. The number of aliphatic imine (C=N–C) groups is 1. The zero-order chi connectivity index (χ0) is 21.4. The second-order valence-corrected chi connectivity index (χ2v) is 8.61. The number of carbonyl (C=O) groups is 1. The number of amidine groups is 2. The van der Waals surface area contributed by atoms with Crippen LogP contribution in [0.3, 0.4) is 0 Å². The molecule has 30 heavy (non-hydrogen) atoms. The smallest absolute Gasteiger partial charge is 0.283 e. The molecular weight excluding hydrogens is 394 g/mol. The lowest BCUT2D eigenvalue weighted by atomic mass is 10.1. The van der Waals surface area contributed by atoms with E-state index in [1.54, 1.807) is 6.08 Å². The number of hydrogen-bond acceptors (Lipinski definition) is 4. The summed E-state index contributed by atoms with van der Waals surface area (Å²) in [7, 11) is 0. The summed E-state index contributed by atoms with van der Waals surface area (Å²) < 4.78 is 2.18. The van der Waals surface area contributed by atoms with Crippen molar-refractivity contribution >= 4 is 39.8 Å². The molecule has 0 unspecified atom stereocenters. The van der Waals surface area contributed by atoms with E-state index in [-0.39, 0.29) is 17.3 Å². The number of hydrogen-bond donors (Lipinski definition) is 1. The van der Waals surface area contributed by atoms with Crippen LogP contribution in [0, 0.1) is 26.2 Å². The number of aromatic nitrogens is 1. The number of fused-ring (bicyclic) bond motifs is 1. The van der Waals surface area contributed by atoms with Gasteiger partial charge in [0.15, 0.2) is 5.84 Å². The molecule has 2 aliphatic rings. The molecule has 0 spiro atoms. The highest BCUT2D eigenvalue weighted by molar-refractivity contribution is 8.26. The molecule has 0 saturated heterocycles. The van der Waals surface area contributed by atoms with Crippen LogP contribution in [-0.4, -0.2) is 31.5 Å². The van der Waals surface area contributed by atoms with E-state index in [9.17, 15) is 4.79 Å². The first-order valence-corrected chi connectivity index (χ1v) is 11.0. The van der Waals surface area contributed by atoms with Gasteiger partial charge in [-0.2, -0.15) is 15.1 Å². The van der Waals surface area contributed by atoms with Crippen LogP contribution in [0.4, 0.5) is 0 Å². The maximum absolute atomic E-state index is 12.7. The lowest BCUT2D eigenvalue weighted by Gasteiger charge is -2.20. The number of hydrazone groups is 1. The van der Waals surface area contributed by atoms with Crippen molar-refractivity contribution in [3.8, 4) is 5.69 Å². The zero-order valence-corrected chi connectivity index (χ0v) is 18.5. The number of para-hydroxylation sites is 1. The third kappa shape index (κ3) is 3.54. The van der Waals surface area contributed by atoms with Gasteiger partial charge in [-0.3, -0.25) is 10.2 Å². The van der Waals surface area contributed by atoms with Crippen molar-refractivity contribution in [2.45, 2.75) is 47.0 Å². The molecule has 1 aromatic heterocycles. The summed E-state index contributed by atoms with van der Waals surface area (Å²) in [4.78, 5) is 16.9. The summed E-state index contributed by atoms with van der Waals surface area (Å²) in [6.07, 6.45) is 4.72. The minimum atomic E-state index is -0.383. The van der Waals surface area contributed by atoms with E-state index in [2.05, 4.69) is 40.6 Å². The highest BCUT2D eigenvalue weighted by Crippen LogP contribution is 2.31. The third-order valence-corrected chi connectivity index (χ3v) is 6.34. The predicted molar refractivity (Wildman–Crippen MR) is 125 cm³/mol. The van der Waals surface area contributed by atoms with Gasteiger partial charge in [0.1, 0.15) is 5.04 Å². The van der Waals surface area contributed by atoms with E-state index < -0.39 is 0 Å². The number of nitrogens with zero attached hydrogens (tertiary/aromatic N) is 4. The van der Waals surface area contributed by atoms with E-state index >= 15 is 0 Å². The Hall–Kier alpha value is -2.93. The van der Waals surface area contributed by atoms with Gasteiger partial charge in [-0.1, -0.05) is 31.5 Å². The van der Waals surface area contributed by atoms with Gasteiger partial charge in [0.05, 0.1) is 5.57 Å². The molecule has 154 valence electrons. The Morgan fingerprint density at radius 2 is 1.97 bits per heavy atom. The molecule has 3 heterocycles. The maximum Gasteiger partial charge on any atom is 0.283 e.